The quantitative estimate of drug-likeness (QED) is 0.585. The van der Waals surface area contributed by atoms with Crippen molar-refractivity contribution in [1.82, 2.24) is 14.3 Å². The van der Waals surface area contributed by atoms with Crippen molar-refractivity contribution >= 4 is 22.5 Å². The highest BCUT2D eigenvalue weighted by molar-refractivity contribution is 5.86. The van der Waals surface area contributed by atoms with Crippen molar-refractivity contribution in [2.24, 2.45) is 5.92 Å². The number of anilines is 1. The van der Waals surface area contributed by atoms with Crippen molar-refractivity contribution in [1.29, 1.82) is 10.5 Å². The summed E-state index contributed by atoms with van der Waals surface area (Å²) in [6.45, 7) is 5.27. The monoisotopic (exact) mass is 456 g/mol. The fourth-order valence-electron chi connectivity index (χ4n) is 5.88. The van der Waals surface area contributed by atoms with Gasteiger partial charge in [0.25, 0.3) is 0 Å². The smallest absolute Gasteiger partial charge is 0.157 e. The maximum absolute atomic E-state index is 10.2. The van der Waals surface area contributed by atoms with Gasteiger partial charge < -0.3 is 9.64 Å². The predicted molar refractivity (Wildman–Crippen MR) is 133 cm³/mol. The van der Waals surface area contributed by atoms with E-state index in [0.717, 1.165) is 93.7 Å². The molecule has 2 aromatic heterocycles. The first-order valence-electron chi connectivity index (χ1n) is 12.1. The van der Waals surface area contributed by atoms with Gasteiger partial charge in [0, 0.05) is 50.8 Å². The standard InChI is InChI=1S/C26H28N6O.CH4/c27-14-18-7-11-31(12-8-18)26-22-17-30(16-19-4-3-13-33-19)10-9-20(22)21(15-28)25-29-23-5-1-2-6-24(23)32(25)26;/h1-2,5-6,18-19H,3-4,7-13,16-17H2;1H4. The summed E-state index contributed by atoms with van der Waals surface area (Å²) >= 11 is 0. The summed E-state index contributed by atoms with van der Waals surface area (Å²) in [5.41, 5.74) is 5.85. The lowest BCUT2D eigenvalue weighted by molar-refractivity contribution is 0.0688. The molecule has 3 aliphatic rings. The number of benzene rings is 1. The Labute approximate surface area is 201 Å². The summed E-state index contributed by atoms with van der Waals surface area (Å²) in [7, 11) is 0. The van der Waals surface area contributed by atoms with Crippen LogP contribution in [0.4, 0.5) is 5.82 Å². The molecular weight excluding hydrogens is 424 g/mol. The number of hydrogen-bond acceptors (Lipinski definition) is 6. The van der Waals surface area contributed by atoms with E-state index in [2.05, 4.69) is 32.4 Å². The van der Waals surface area contributed by atoms with Crippen LogP contribution in [0.2, 0.25) is 0 Å². The second kappa shape index (κ2) is 9.25. The third-order valence-corrected chi connectivity index (χ3v) is 7.57. The third-order valence-electron chi connectivity index (χ3n) is 7.57. The van der Waals surface area contributed by atoms with E-state index in [-0.39, 0.29) is 13.3 Å². The zero-order valence-electron chi connectivity index (χ0n) is 18.8. The lowest BCUT2D eigenvalue weighted by Gasteiger charge is -2.38. The van der Waals surface area contributed by atoms with Gasteiger partial charge >= 0.3 is 0 Å². The average molecular weight is 457 g/mol. The van der Waals surface area contributed by atoms with Gasteiger partial charge in [-0.05, 0) is 49.8 Å². The highest BCUT2D eigenvalue weighted by Crippen LogP contribution is 2.38. The first-order valence-corrected chi connectivity index (χ1v) is 12.1. The minimum atomic E-state index is 0. The molecule has 0 spiro atoms. The van der Waals surface area contributed by atoms with Crippen LogP contribution >= 0.6 is 0 Å². The molecule has 0 saturated carbocycles. The average Bonchev–Trinajstić information content (AvgIpc) is 3.50. The second-order valence-electron chi connectivity index (χ2n) is 9.54. The van der Waals surface area contributed by atoms with Crippen LogP contribution < -0.4 is 4.90 Å². The van der Waals surface area contributed by atoms with E-state index < -0.39 is 0 Å². The Morgan fingerprint density at radius 1 is 1.06 bits per heavy atom. The van der Waals surface area contributed by atoms with Crippen LogP contribution in [0, 0.1) is 28.6 Å². The van der Waals surface area contributed by atoms with Crippen LogP contribution in [0.5, 0.6) is 0 Å². The van der Waals surface area contributed by atoms with Gasteiger partial charge in [-0.1, -0.05) is 19.6 Å². The molecule has 1 unspecified atom stereocenters. The minimum Gasteiger partial charge on any atom is -0.377 e. The number of aromatic nitrogens is 2. The van der Waals surface area contributed by atoms with Gasteiger partial charge in [0.05, 0.1) is 28.8 Å². The molecule has 2 saturated heterocycles. The Morgan fingerprint density at radius 3 is 2.62 bits per heavy atom. The summed E-state index contributed by atoms with van der Waals surface area (Å²) in [4.78, 5) is 9.84. The molecule has 34 heavy (non-hydrogen) atoms. The van der Waals surface area contributed by atoms with Gasteiger partial charge in [0.15, 0.2) is 5.65 Å². The van der Waals surface area contributed by atoms with Crippen molar-refractivity contribution in [2.45, 2.75) is 52.2 Å². The molecule has 0 radical (unpaired) electrons. The topological polar surface area (TPSA) is 80.6 Å². The van der Waals surface area contributed by atoms with E-state index >= 15 is 0 Å². The van der Waals surface area contributed by atoms with Gasteiger partial charge in [0.2, 0.25) is 0 Å². The molecule has 0 amide bonds. The van der Waals surface area contributed by atoms with Crippen LogP contribution in [-0.2, 0) is 17.7 Å². The predicted octanol–water partition coefficient (Wildman–Crippen LogP) is 4.27. The Kier molecular flexibility index (Phi) is 6.16. The van der Waals surface area contributed by atoms with Crippen molar-refractivity contribution in [3.63, 3.8) is 0 Å². The summed E-state index contributed by atoms with van der Waals surface area (Å²) in [6.07, 6.45) is 5.19. The van der Waals surface area contributed by atoms with Gasteiger partial charge in [-0.25, -0.2) is 4.98 Å². The fraction of sp³-hybridized carbons (Fsp3) is 0.519. The van der Waals surface area contributed by atoms with Gasteiger partial charge in [-0.2, -0.15) is 10.5 Å². The summed E-state index contributed by atoms with van der Waals surface area (Å²) in [5, 5.41) is 19.6. The largest absolute Gasteiger partial charge is 0.377 e. The van der Waals surface area contributed by atoms with Crippen molar-refractivity contribution in [3.8, 4) is 12.1 Å². The van der Waals surface area contributed by atoms with Crippen LogP contribution in [0.3, 0.4) is 0 Å². The number of imidazole rings is 1. The molecule has 6 rings (SSSR count). The number of hydrogen-bond donors (Lipinski definition) is 0. The maximum atomic E-state index is 10.2. The normalized spacial score (nSPS) is 21.2. The zero-order chi connectivity index (χ0) is 22.4. The summed E-state index contributed by atoms with van der Waals surface area (Å²) in [6, 6.07) is 13.1. The fourth-order valence-corrected chi connectivity index (χ4v) is 5.88. The highest BCUT2D eigenvalue weighted by Gasteiger charge is 2.32. The Morgan fingerprint density at radius 2 is 1.88 bits per heavy atom. The van der Waals surface area contributed by atoms with Crippen LogP contribution in [-0.4, -0.2) is 53.2 Å². The molecule has 176 valence electrons. The number of pyridine rings is 1. The number of rotatable bonds is 3. The van der Waals surface area contributed by atoms with Gasteiger partial charge in [-0.15, -0.1) is 0 Å². The third kappa shape index (κ3) is 3.70. The van der Waals surface area contributed by atoms with E-state index in [1.54, 1.807) is 0 Å². The Bertz CT molecular complexity index is 1280. The SMILES string of the molecule is C.N#Cc1c2c(c(N3CCC(C#N)CC3)n3c1nc1ccccc13)CN(CC1CCCO1)CC2. The van der Waals surface area contributed by atoms with Crippen molar-refractivity contribution in [2.75, 3.05) is 37.7 Å². The van der Waals surface area contributed by atoms with Gasteiger partial charge in [-0.3, -0.25) is 9.30 Å². The lowest BCUT2D eigenvalue weighted by atomic mass is 9.93. The first-order chi connectivity index (χ1) is 16.3. The molecule has 3 aliphatic heterocycles. The minimum absolute atomic E-state index is 0. The number of para-hydroxylation sites is 2. The van der Waals surface area contributed by atoms with E-state index in [9.17, 15) is 10.5 Å². The molecule has 3 aromatic rings. The van der Waals surface area contributed by atoms with E-state index in [4.69, 9.17) is 9.72 Å². The summed E-state index contributed by atoms with van der Waals surface area (Å²) in [5.74, 6) is 1.29. The molecule has 2 fully saturated rings. The maximum Gasteiger partial charge on any atom is 0.157 e. The number of nitrogens with zero attached hydrogens (tertiary/aromatic N) is 6. The number of piperidine rings is 1. The van der Waals surface area contributed by atoms with Crippen LogP contribution in [0.25, 0.3) is 16.7 Å². The molecule has 0 bridgehead atoms. The van der Waals surface area contributed by atoms with Gasteiger partial charge in [0.1, 0.15) is 11.9 Å². The molecule has 1 atom stereocenters. The summed E-state index contributed by atoms with van der Waals surface area (Å²) < 4.78 is 8.14. The molecular formula is C27H32N6O. The lowest BCUT2D eigenvalue weighted by Crippen LogP contribution is -2.40. The van der Waals surface area contributed by atoms with E-state index in [1.165, 1.54) is 11.4 Å². The molecule has 7 heteroatoms. The van der Waals surface area contributed by atoms with Crippen molar-refractivity contribution < 1.29 is 4.74 Å². The van der Waals surface area contributed by atoms with Crippen molar-refractivity contribution in [3.05, 3.63) is 41.0 Å². The van der Waals surface area contributed by atoms with Crippen LogP contribution in [0.1, 0.15) is 49.8 Å². The molecule has 7 nitrogen and oxygen atoms in total. The number of fused-ring (bicyclic) bond motifs is 4. The zero-order valence-corrected chi connectivity index (χ0v) is 18.8. The first kappa shape index (κ1) is 22.7. The second-order valence-corrected chi connectivity index (χ2v) is 9.54. The van der Waals surface area contributed by atoms with E-state index in [1.807, 2.05) is 18.2 Å². The van der Waals surface area contributed by atoms with Crippen LogP contribution in [0.15, 0.2) is 24.3 Å². The molecule has 1 aromatic carbocycles. The molecule has 0 N–H and O–H groups in total. The number of nitriles is 2. The Hall–Kier alpha value is -3.13. The van der Waals surface area contributed by atoms with E-state index in [0.29, 0.717) is 11.7 Å². The molecule has 5 heterocycles. The Balaban J connectivity index is 0.00000241. The highest BCUT2D eigenvalue weighted by atomic mass is 16.5. The molecule has 0 aliphatic carbocycles. The number of ether oxygens (including phenoxy) is 1.